The van der Waals surface area contributed by atoms with Gasteiger partial charge < -0.3 is 20.3 Å². The van der Waals surface area contributed by atoms with Crippen LogP contribution in [0, 0.1) is 0 Å². The SMILES string of the molecule is CCC(=O)c1cnc(NC(=O)CCN2CCCC2)cc1Nc1cccc(-c2ncn(C)n2)c1OC. The molecule has 1 aromatic carbocycles. The summed E-state index contributed by atoms with van der Waals surface area (Å²) in [6.07, 6.45) is 6.22. The standard InChI is InChI=1S/C25H31N7O3/c1-4-21(33)18-15-26-22(29-23(34)10-13-32-11-5-6-12-32)14-20(18)28-19-9-7-8-17(24(19)35-3)25-27-16-31(2)30-25/h7-9,14-16H,4-6,10-13H2,1-3H3,(H2,26,28,29,34). The van der Waals surface area contributed by atoms with Gasteiger partial charge in [0.05, 0.1) is 29.6 Å². The van der Waals surface area contributed by atoms with Crippen LogP contribution in [-0.2, 0) is 11.8 Å². The highest BCUT2D eigenvalue weighted by Crippen LogP contribution is 2.37. The average molecular weight is 478 g/mol. The van der Waals surface area contributed by atoms with E-state index in [1.807, 2.05) is 18.2 Å². The van der Waals surface area contributed by atoms with Crippen molar-refractivity contribution >= 4 is 28.9 Å². The Morgan fingerprint density at radius 2 is 1.94 bits per heavy atom. The van der Waals surface area contributed by atoms with Gasteiger partial charge in [-0.15, -0.1) is 0 Å². The van der Waals surface area contributed by atoms with Gasteiger partial charge in [0.1, 0.15) is 12.1 Å². The number of carbonyl (C=O) groups excluding carboxylic acids is 2. The summed E-state index contributed by atoms with van der Waals surface area (Å²) >= 11 is 0. The van der Waals surface area contributed by atoms with Crippen molar-refractivity contribution < 1.29 is 14.3 Å². The zero-order valence-electron chi connectivity index (χ0n) is 20.4. The van der Waals surface area contributed by atoms with Crippen molar-refractivity contribution in [3.63, 3.8) is 0 Å². The van der Waals surface area contributed by atoms with E-state index in [1.165, 1.54) is 19.0 Å². The number of ketones is 1. The number of rotatable bonds is 10. The maximum absolute atomic E-state index is 12.6. The van der Waals surface area contributed by atoms with Gasteiger partial charge in [0.15, 0.2) is 17.4 Å². The van der Waals surface area contributed by atoms with Crippen LogP contribution in [-0.4, -0.2) is 63.1 Å². The van der Waals surface area contributed by atoms with E-state index in [0.717, 1.165) is 19.6 Å². The summed E-state index contributed by atoms with van der Waals surface area (Å²) in [5.41, 5.74) is 2.32. The van der Waals surface area contributed by atoms with E-state index in [4.69, 9.17) is 4.74 Å². The van der Waals surface area contributed by atoms with Crippen LogP contribution in [0.15, 0.2) is 36.8 Å². The molecule has 1 aliphatic heterocycles. The first-order valence-electron chi connectivity index (χ1n) is 11.8. The molecule has 0 spiro atoms. The van der Waals surface area contributed by atoms with Crippen LogP contribution < -0.4 is 15.4 Å². The van der Waals surface area contributed by atoms with E-state index < -0.39 is 0 Å². The first kappa shape index (κ1) is 24.3. The van der Waals surface area contributed by atoms with E-state index in [1.54, 1.807) is 38.2 Å². The third-order valence-electron chi connectivity index (χ3n) is 5.98. The van der Waals surface area contributed by atoms with Gasteiger partial charge in [0.25, 0.3) is 0 Å². The minimum atomic E-state index is -0.106. The van der Waals surface area contributed by atoms with Crippen LogP contribution >= 0.6 is 0 Å². The topological polar surface area (TPSA) is 114 Å². The molecular formula is C25H31N7O3. The van der Waals surface area contributed by atoms with Gasteiger partial charge in [0, 0.05) is 38.7 Å². The number of amides is 1. The van der Waals surface area contributed by atoms with Crippen LogP contribution in [0.25, 0.3) is 11.4 Å². The monoisotopic (exact) mass is 477 g/mol. The number of hydrogen-bond acceptors (Lipinski definition) is 8. The number of benzene rings is 1. The Balaban J connectivity index is 1.59. The summed E-state index contributed by atoms with van der Waals surface area (Å²) in [6.45, 7) is 4.62. The maximum Gasteiger partial charge on any atom is 0.226 e. The summed E-state index contributed by atoms with van der Waals surface area (Å²) in [4.78, 5) is 36.1. The molecule has 3 aromatic rings. The predicted molar refractivity (Wildman–Crippen MR) is 134 cm³/mol. The second kappa shape index (κ2) is 11.1. The Hall–Kier alpha value is -3.79. The highest BCUT2D eigenvalue weighted by molar-refractivity contribution is 6.02. The van der Waals surface area contributed by atoms with Gasteiger partial charge in [-0.1, -0.05) is 13.0 Å². The first-order valence-corrected chi connectivity index (χ1v) is 11.8. The third kappa shape index (κ3) is 5.83. The molecule has 10 heteroatoms. The lowest BCUT2D eigenvalue weighted by Crippen LogP contribution is -2.25. The van der Waals surface area contributed by atoms with Gasteiger partial charge in [-0.2, -0.15) is 5.10 Å². The van der Waals surface area contributed by atoms with Crippen LogP contribution in [0.3, 0.4) is 0 Å². The smallest absolute Gasteiger partial charge is 0.226 e. The molecule has 4 rings (SSSR count). The number of carbonyl (C=O) groups is 2. The molecule has 184 valence electrons. The minimum Gasteiger partial charge on any atom is -0.494 e. The number of para-hydroxylation sites is 1. The van der Waals surface area contributed by atoms with Crippen LogP contribution in [0.5, 0.6) is 5.75 Å². The average Bonchev–Trinajstić information content (AvgIpc) is 3.54. The maximum atomic E-state index is 12.6. The lowest BCUT2D eigenvalue weighted by Gasteiger charge is -2.17. The van der Waals surface area contributed by atoms with Gasteiger partial charge in [-0.05, 0) is 38.1 Å². The number of ether oxygens (including phenoxy) is 1. The number of Topliss-reactive ketones (excluding diaryl/α,β-unsaturated/α-hetero) is 1. The zero-order chi connectivity index (χ0) is 24.8. The Labute approximate surface area is 204 Å². The molecule has 0 saturated carbocycles. The number of likely N-dealkylation sites (tertiary alicyclic amines) is 1. The molecule has 2 aromatic heterocycles. The molecule has 1 fully saturated rings. The molecule has 0 atom stereocenters. The van der Waals surface area contributed by atoms with Gasteiger partial charge in [0.2, 0.25) is 5.91 Å². The zero-order valence-corrected chi connectivity index (χ0v) is 20.4. The summed E-state index contributed by atoms with van der Waals surface area (Å²) in [5.74, 6) is 1.28. The molecule has 0 unspecified atom stereocenters. The van der Waals surface area contributed by atoms with Gasteiger partial charge in [-0.25, -0.2) is 9.97 Å². The van der Waals surface area contributed by atoms with Gasteiger partial charge >= 0.3 is 0 Å². The highest BCUT2D eigenvalue weighted by atomic mass is 16.5. The van der Waals surface area contributed by atoms with E-state index in [2.05, 4.69) is 30.6 Å². The molecule has 3 heterocycles. The molecule has 1 saturated heterocycles. The molecule has 2 N–H and O–H groups in total. The lowest BCUT2D eigenvalue weighted by atomic mass is 10.1. The number of nitrogens with zero attached hydrogens (tertiary/aromatic N) is 5. The molecule has 0 aliphatic carbocycles. The molecule has 0 bridgehead atoms. The second-order valence-electron chi connectivity index (χ2n) is 8.49. The van der Waals surface area contributed by atoms with Crippen molar-refractivity contribution in [2.24, 2.45) is 7.05 Å². The largest absolute Gasteiger partial charge is 0.494 e. The summed E-state index contributed by atoms with van der Waals surface area (Å²) in [5, 5.41) is 10.5. The van der Waals surface area contributed by atoms with Crippen molar-refractivity contribution in [1.82, 2.24) is 24.6 Å². The van der Waals surface area contributed by atoms with E-state index in [0.29, 0.717) is 52.7 Å². The van der Waals surface area contributed by atoms with Crippen molar-refractivity contribution in [2.45, 2.75) is 32.6 Å². The fourth-order valence-corrected chi connectivity index (χ4v) is 4.15. The molecule has 1 amide bonds. The fourth-order valence-electron chi connectivity index (χ4n) is 4.15. The number of aromatic nitrogens is 4. The minimum absolute atomic E-state index is 0.0616. The van der Waals surface area contributed by atoms with Crippen molar-refractivity contribution in [3.05, 3.63) is 42.4 Å². The van der Waals surface area contributed by atoms with Crippen LogP contribution in [0.4, 0.5) is 17.2 Å². The Morgan fingerprint density at radius 3 is 2.63 bits per heavy atom. The molecule has 10 nitrogen and oxygen atoms in total. The van der Waals surface area contributed by atoms with Crippen molar-refractivity contribution in [3.8, 4) is 17.1 Å². The number of pyridine rings is 1. The van der Waals surface area contributed by atoms with Crippen molar-refractivity contribution in [2.75, 3.05) is 37.4 Å². The number of hydrogen-bond donors (Lipinski definition) is 2. The quantitative estimate of drug-likeness (QED) is 0.426. The lowest BCUT2D eigenvalue weighted by molar-refractivity contribution is -0.116. The van der Waals surface area contributed by atoms with Crippen molar-refractivity contribution in [1.29, 1.82) is 0 Å². The summed E-state index contributed by atoms with van der Waals surface area (Å²) in [7, 11) is 3.37. The third-order valence-corrected chi connectivity index (χ3v) is 5.98. The molecule has 0 radical (unpaired) electrons. The molecule has 1 aliphatic rings. The fraction of sp³-hybridized carbons (Fsp3) is 0.400. The number of aryl methyl sites for hydroxylation is 1. The van der Waals surface area contributed by atoms with E-state index >= 15 is 0 Å². The van der Waals surface area contributed by atoms with Crippen LogP contribution in [0.1, 0.15) is 43.0 Å². The number of methoxy groups -OCH3 is 1. The van der Waals surface area contributed by atoms with Gasteiger partial charge in [-0.3, -0.25) is 14.3 Å². The predicted octanol–water partition coefficient (Wildman–Crippen LogP) is 3.65. The molecule has 35 heavy (non-hydrogen) atoms. The van der Waals surface area contributed by atoms with Crippen LogP contribution in [0.2, 0.25) is 0 Å². The second-order valence-corrected chi connectivity index (χ2v) is 8.49. The Morgan fingerprint density at radius 1 is 1.14 bits per heavy atom. The van der Waals surface area contributed by atoms with E-state index in [9.17, 15) is 9.59 Å². The number of nitrogens with one attached hydrogen (secondary N) is 2. The first-order chi connectivity index (χ1) is 17.0. The Kier molecular flexibility index (Phi) is 7.71. The Bertz CT molecular complexity index is 1200. The normalized spacial score (nSPS) is 13.6. The molecular weight excluding hydrogens is 446 g/mol. The summed E-state index contributed by atoms with van der Waals surface area (Å²) in [6, 6.07) is 7.26. The van der Waals surface area contributed by atoms with E-state index in [-0.39, 0.29) is 11.7 Å². The highest BCUT2D eigenvalue weighted by Gasteiger charge is 2.19. The summed E-state index contributed by atoms with van der Waals surface area (Å²) < 4.78 is 7.31. The number of anilines is 3.